The van der Waals surface area contributed by atoms with E-state index in [-0.39, 0.29) is 15.5 Å². The van der Waals surface area contributed by atoms with Gasteiger partial charge in [0.05, 0.1) is 41.6 Å². The lowest BCUT2D eigenvalue weighted by Gasteiger charge is -2.13. The fraction of sp³-hybridized carbons (Fsp3) is 0.136. The molecule has 10 heteroatoms. The Morgan fingerprint density at radius 3 is 2.44 bits per heavy atom. The molecular formula is C22H19ClN2O5S2. The summed E-state index contributed by atoms with van der Waals surface area (Å²) in [6, 6.07) is 16.7. The molecule has 0 aliphatic heterocycles. The van der Waals surface area contributed by atoms with Crippen LogP contribution in [0.4, 0.5) is 5.69 Å². The van der Waals surface area contributed by atoms with Crippen molar-refractivity contribution in [3.63, 3.8) is 0 Å². The van der Waals surface area contributed by atoms with E-state index in [9.17, 15) is 13.2 Å². The molecule has 1 N–H and O–H groups in total. The van der Waals surface area contributed by atoms with Gasteiger partial charge < -0.3 is 9.47 Å². The van der Waals surface area contributed by atoms with E-state index in [1.807, 2.05) is 12.1 Å². The first-order valence-corrected chi connectivity index (χ1v) is 12.1. The van der Waals surface area contributed by atoms with Gasteiger partial charge >= 0.3 is 4.87 Å². The fourth-order valence-corrected chi connectivity index (χ4v) is 5.45. The van der Waals surface area contributed by atoms with Crippen LogP contribution in [-0.4, -0.2) is 27.2 Å². The van der Waals surface area contributed by atoms with Crippen molar-refractivity contribution >= 4 is 48.9 Å². The molecule has 0 spiro atoms. The van der Waals surface area contributed by atoms with Crippen LogP contribution in [0.1, 0.15) is 5.56 Å². The van der Waals surface area contributed by atoms with Gasteiger partial charge in [-0.05, 0) is 48.0 Å². The molecule has 0 aliphatic carbocycles. The molecule has 0 fully saturated rings. The monoisotopic (exact) mass is 490 g/mol. The van der Waals surface area contributed by atoms with Gasteiger partial charge in [0.15, 0.2) is 0 Å². The van der Waals surface area contributed by atoms with Crippen molar-refractivity contribution in [2.75, 3.05) is 18.9 Å². The maximum absolute atomic E-state index is 13.0. The zero-order chi connectivity index (χ0) is 22.9. The van der Waals surface area contributed by atoms with E-state index >= 15 is 0 Å². The van der Waals surface area contributed by atoms with Crippen molar-refractivity contribution in [3.8, 4) is 11.5 Å². The van der Waals surface area contributed by atoms with E-state index in [1.54, 1.807) is 34.9 Å². The number of anilines is 1. The molecule has 3 aromatic carbocycles. The number of aromatic nitrogens is 1. The molecule has 7 nitrogen and oxygen atoms in total. The summed E-state index contributed by atoms with van der Waals surface area (Å²) in [4.78, 5) is 12.4. The number of hydrogen-bond donors (Lipinski definition) is 1. The van der Waals surface area contributed by atoms with Crippen molar-refractivity contribution < 1.29 is 17.9 Å². The quantitative estimate of drug-likeness (QED) is 0.409. The molecule has 0 saturated heterocycles. The third kappa shape index (κ3) is 4.45. The van der Waals surface area contributed by atoms with E-state index in [1.165, 1.54) is 32.4 Å². The van der Waals surface area contributed by atoms with Gasteiger partial charge in [-0.2, -0.15) is 0 Å². The summed E-state index contributed by atoms with van der Waals surface area (Å²) in [5, 5.41) is 0.617. The van der Waals surface area contributed by atoms with Gasteiger partial charge in [0.25, 0.3) is 10.0 Å². The molecule has 0 atom stereocenters. The highest BCUT2D eigenvalue weighted by Crippen LogP contribution is 2.31. The summed E-state index contributed by atoms with van der Waals surface area (Å²) in [6.45, 7) is 0.362. The molecular weight excluding hydrogens is 472 g/mol. The van der Waals surface area contributed by atoms with Crippen LogP contribution in [0.25, 0.3) is 10.2 Å². The topological polar surface area (TPSA) is 86.6 Å². The maximum Gasteiger partial charge on any atom is 0.308 e. The summed E-state index contributed by atoms with van der Waals surface area (Å²) in [5.41, 5.74) is 1.83. The molecule has 0 radical (unpaired) electrons. The summed E-state index contributed by atoms with van der Waals surface area (Å²) in [6.07, 6.45) is 0. The Bertz CT molecular complexity index is 1440. The Morgan fingerprint density at radius 1 is 1.00 bits per heavy atom. The van der Waals surface area contributed by atoms with E-state index in [0.29, 0.717) is 33.3 Å². The number of fused-ring (bicyclic) bond motifs is 1. The highest BCUT2D eigenvalue weighted by molar-refractivity contribution is 7.92. The third-order valence-electron chi connectivity index (χ3n) is 4.85. The van der Waals surface area contributed by atoms with Crippen molar-refractivity contribution in [3.05, 3.63) is 80.9 Å². The van der Waals surface area contributed by atoms with Gasteiger partial charge in [0.1, 0.15) is 11.5 Å². The second kappa shape index (κ2) is 8.85. The van der Waals surface area contributed by atoms with Crippen LogP contribution in [0.5, 0.6) is 11.5 Å². The molecule has 0 saturated carbocycles. The lowest BCUT2D eigenvalue weighted by Crippen LogP contribution is -2.14. The second-order valence-corrected chi connectivity index (χ2v) is 9.99. The van der Waals surface area contributed by atoms with Gasteiger partial charge in [-0.3, -0.25) is 14.1 Å². The summed E-state index contributed by atoms with van der Waals surface area (Å²) in [5.74, 6) is 0.839. The van der Waals surface area contributed by atoms with Gasteiger partial charge in [-0.25, -0.2) is 8.42 Å². The molecule has 4 aromatic rings. The number of rotatable bonds is 7. The second-order valence-electron chi connectivity index (χ2n) is 6.88. The molecule has 166 valence electrons. The fourth-order valence-electron chi connectivity index (χ4n) is 3.23. The standard InChI is InChI=1S/C22H19ClN2O5S2/c1-29-16-7-10-20(30-2)18(11-16)24-32(27,28)17-8-9-19-21(12-17)31-22(26)25(19)13-14-3-5-15(23)6-4-14/h3-12,24H,13H2,1-2H3. The number of benzene rings is 3. The molecule has 0 unspecified atom stereocenters. The normalized spacial score (nSPS) is 11.5. The van der Waals surface area contributed by atoms with E-state index in [0.717, 1.165) is 16.9 Å². The Balaban J connectivity index is 1.68. The minimum absolute atomic E-state index is 0.0368. The van der Waals surface area contributed by atoms with Crippen LogP contribution in [0.2, 0.25) is 5.02 Å². The first kappa shape index (κ1) is 22.2. The average molecular weight is 491 g/mol. The summed E-state index contributed by atoms with van der Waals surface area (Å²) >= 11 is 6.93. The SMILES string of the molecule is COc1ccc(OC)c(NS(=O)(=O)c2ccc3c(c2)sc(=O)n3Cc2ccc(Cl)cc2)c1. The number of halogens is 1. The van der Waals surface area contributed by atoms with E-state index in [2.05, 4.69) is 4.72 Å². The zero-order valence-corrected chi connectivity index (χ0v) is 19.6. The lowest BCUT2D eigenvalue weighted by molar-refractivity contribution is 0.405. The van der Waals surface area contributed by atoms with E-state index in [4.69, 9.17) is 21.1 Å². The van der Waals surface area contributed by atoms with Crippen molar-refractivity contribution in [1.82, 2.24) is 4.57 Å². The van der Waals surface area contributed by atoms with Crippen molar-refractivity contribution in [2.45, 2.75) is 11.4 Å². The van der Waals surface area contributed by atoms with Crippen LogP contribution in [0.3, 0.4) is 0 Å². The smallest absolute Gasteiger partial charge is 0.308 e. The number of methoxy groups -OCH3 is 2. The Morgan fingerprint density at radius 2 is 1.75 bits per heavy atom. The number of hydrogen-bond acceptors (Lipinski definition) is 6. The van der Waals surface area contributed by atoms with Crippen molar-refractivity contribution in [2.24, 2.45) is 0 Å². The summed E-state index contributed by atoms with van der Waals surface area (Å²) in [7, 11) is -0.993. The highest BCUT2D eigenvalue weighted by Gasteiger charge is 2.19. The molecule has 0 aliphatic rings. The predicted molar refractivity (Wildman–Crippen MR) is 127 cm³/mol. The number of ether oxygens (including phenoxy) is 2. The first-order valence-electron chi connectivity index (χ1n) is 9.43. The first-order chi connectivity index (χ1) is 15.3. The molecule has 32 heavy (non-hydrogen) atoms. The Kier molecular flexibility index (Phi) is 6.14. The number of nitrogens with zero attached hydrogens (tertiary/aromatic N) is 1. The molecule has 1 aromatic heterocycles. The Hall–Kier alpha value is -3.01. The minimum Gasteiger partial charge on any atom is -0.497 e. The van der Waals surface area contributed by atoms with Gasteiger partial charge in [-0.1, -0.05) is 35.1 Å². The van der Waals surface area contributed by atoms with Crippen LogP contribution in [0.15, 0.2) is 70.4 Å². The predicted octanol–water partition coefficient (Wildman–Crippen LogP) is 4.58. The van der Waals surface area contributed by atoms with Crippen LogP contribution >= 0.6 is 22.9 Å². The third-order valence-corrected chi connectivity index (χ3v) is 7.41. The molecule has 4 rings (SSSR count). The lowest BCUT2D eigenvalue weighted by atomic mass is 10.2. The number of nitrogens with one attached hydrogen (secondary N) is 1. The highest BCUT2D eigenvalue weighted by atomic mass is 35.5. The zero-order valence-electron chi connectivity index (χ0n) is 17.2. The maximum atomic E-state index is 13.0. The average Bonchev–Trinajstić information content (AvgIpc) is 3.09. The van der Waals surface area contributed by atoms with Crippen LogP contribution in [0, 0.1) is 0 Å². The number of sulfonamides is 1. The van der Waals surface area contributed by atoms with Gasteiger partial charge in [-0.15, -0.1) is 0 Å². The van der Waals surface area contributed by atoms with Crippen LogP contribution < -0.4 is 19.1 Å². The molecule has 0 bridgehead atoms. The largest absolute Gasteiger partial charge is 0.497 e. The minimum atomic E-state index is -3.93. The van der Waals surface area contributed by atoms with Gasteiger partial charge in [0.2, 0.25) is 0 Å². The van der Waals surface area contributed by atoms with Gasteiger partial charge in [0, 0.05) is 11.1 Å². The molecule has 0 amide bonds. The van der Waals surface area contributed by atoms with E-state index < -0.39 is 10.0 Å². The number of thiazole rings is 1. The summed E-state index contributed by atoms with van der Waals surface area (Å²) < 4.78 is 41.2. The molecule has 1 heterocycles. The van der Waals surface area contributed by atoms with Crippen molar-refractivity contribution in [1.29, 1.82) is 0 Å². The van der Waals surface area contributed by atoms with Crippen LogP contribution in [-0.2, 0) is 16.6 Å². The Labute approximate surface area is 193 Å².